The van der Waals surface area contributed by atoms with Crippen LogP contribution in [0.25, 0.3) is 0 Å². The van der Waals surface area contributed by atoms with Gasteiger partial charge in [0.1, 0.15) is 0 Å². The van der Waals surface area contributed by atoms with E-state index in [2.05, 4.69) is 56.6 Å². The van der Waals surface area contributed by atoms with E-state index in [9.17, 15) is 0 Å². The molecule has 0 spiro atoms. The van der Waals surface area contributed by atoms with Gasteiger partial charge in [-0.1, -0.05) is 87.5 Å². The average Bonchev–Trinajstić information content (AvgIpc) is 2.67. The van der Waals surface area contributed by atoms with E-state index >= 15 is 0 Å². The van der Waals surface area contributed by atoms with Gasteiger partial charge in [0.2, 0.25) is 0 Å². The van der Waals surface area contributed by atoms with Crippen molar-refractivity contribution in [1.29, 1.82) is 0 Å². The van der Waals surface area contributed by atoms with Gasteiger partial charge in [0.15, 0.2) is 0 Å². The topological polar surface area (TPSA) is 50.7 Å². The molecule has 1 rings (SSSR count). The van der Waals surface area contributed by atoms with E-state index in [1.54, 1.807) is 0 Å². The van der Waals surface area contributed by atoms with E-state index in [0.717, 1.165) is 25.6 Å². The second-order valence-corrected chi connectivity index (χ2v) is 5.74. The SMILES string of the molecule is CC.CCC.CCC(C)C.CCNC1CCCCC1.CO.COOC. The summed E-state index contributed by atoms with van der Waals surface area (Å²) in [5.41, 5.74) is 0. The van der Waals surface area contributed by atoms with Gasteiger partial charge in [0, 0.05) is 13.2 Å². The highest BCUT2D eigenvalue weighted by Crippen LogP contribution is 2.16. The fraction of sp³-hybridized carbons (Fsp3) is 1.00. The first-order chi connectivity index (χ1) is 12.0. The molecule has 1 aliphatic carbocycles. The molecule has 0 aliphatic heterocycles. The summed E-state index contributed by atoms with van der Waals surface area (Å²) in [6.45, 7) is 18.2. The summed E-state index contributed by atoms with van der Waals surface area (Å²) in [7, 11) is 3.92. The first kappa shape index (κ1) is 35.9. The summed E-state index contributed by atoms with van der Waals surface area (Å²) < 4.78 is 0. The van der Waals surface area contributed by atoms with Crippen molar-refractivity contribution in [2.75, 3.05) is 27.9 Å². The Hall–Kier alpha value is -0.160. The van der Waals surface area contributed by atoms with Gasteiger partial charge in [-0.3, -0.25) is 0 Å². The smallest absolute Gasteiger partial charge is 0.0712 e. The van der Waals surface area contributed by atoms with E-state index in [0.29, 0.717) is 0 Å². The minimum Gasteiger partial charge on any atom is -0.400 e. The van der Waals surface area contributed by atoms with Gasteiger partial charge in [-0.05, 0) is 25.3 Å². The lowest BCUT2D eigenvalue weighted by Gasteiger charge is -2.21. The Morgan fingerprint density at radius 3 is 1.40 bits per heavy atom. The van der Waals surface area contributed by atoms with Gasteiger partial charge in [-0.15, -0.1) is 0 Å². The summed E-state index contributed by atoms with van der Waals surface area (Å²) in [4.78, 5) is 8.08. The molecule has 0 radical (unpaired) electrons. The molecule has 1 fully saturated rings. The molecular weight excluding hydrogens is 314 g/mol. The van der Waals surface area contributed by atoms with Crippen LogP contribution in [-0.2, 0) is 9.78 Å². The van der Waals surface area contributed by atoms with Crippen molar-refractivity contribution in [3.63, 3.8) is 0 Å². The van der Waals surface area contributed by atoms with Crippen LogP contribution in [0.15, 0.2) is 0 Å². The number of rotatable bonds is 4. The maximum Gasteiger partial charge on any atom is 0.0712 e. The van der Waals surface area contributed by atoms with Crippen LogP contribution in [0.3, 0.4) is 0 Å². The fourth-order valence-corrected chi connectivity index (χ4v) is 1.60. The average molecular weight is 368 g/mol. The monoisotopic (exact) mass is 367 g/mol. The molecule has 0 heterocycles. The summed E-state index contributed by atoms with van der Waals surface area (Å²) >= 11 is 0. The molecule has 1 saturated carbocycles. The van der Waals surface area contributed by atoms with Crippen LogP contribution in [0.2, 0.25) is 0 Å². The highest BCUT2D eigenvalue weighted by atomic mass is 17.2. The first-order valence-electron chi connectivity index (χ1n) is 10.3. The lowest BCUT2D eigenvalue weighted by atomic mass is 9.96. The fourth-order valence-electron chi connectivity index (χ4n) is 1.60. The van der Waals surface area contributed by atoms with Crippen molar-refractivity contribution in [3.05, 3.63) is 0 Å². The maximum atomic E-state index is 7.00. The van der Waals surface area contributed by atoms with Gasteiger partial charge >= 0.3 is 0 Å². The predicted molar refractivity (Wildman–Crippen MR) is 115 cm³/mol. The molecule has 1 aliphatic rings. The Kier molecular flexibility index (Phi) is 62.9. The molecule has 2 N–H and O–H groups in total. The van der Waals surface area contributed by atoms with Crippen LogP contribution in [0.4, 0.5) is 0 Å². The summed E-state index contributed by atoms with van der Waals surface area (Å²) in [6.07, 6.45) is 9.72. The summed E-state index contributed by atoms with van der Waals surface area (Å²) in [6, 6.07) is 0.851. The van der Waals surface area contributed by atoms with Crippen LogP contribution in [0, 0.1) is 5.92 Å². The van der Waals surface area contributed by atoms with Crippen molar-refractivity contribution in [1.82, 2.24) is 5.32 Å². The molecule has 25 heavy (non-hydrogen) atoms. The summed E-state index contributed by atoms with van der Waals surface area (Å²) in [5.74, 6) is 0.884. The molecule has 0 unspecified atom stereocenters. The molecule has 0 aromatic carbocycles. The largest absolute Gasteiger partial charge is 0.400 e. The molecule has 4 heteroatoms. The second-order valence-electron chi connectivity index (χ2n) is 5.74. The Balaban J connectivity index is -0.0000000722. The maximum absolute atomic E-state index is 7.00. The Morgan fingerprint density at radius 2 is 1.20 bits per heavy atom. The lowest BCUT2D eigenvalue weighted by molar-refractivity contribution is -0.248. The van der Waals surface area contributed by atoms with Crippen LogP contribution in [0.1, 0.15) is 100 Å². The molecular formula is C21H53NO3. The minimum absolute atomic E-state index is 0.851. The van der Waals surface area contributed by atoms with Crippen molar-refractivity contribution in [3.8, 4) is 0 Å². The van der Waals surface area contributed by atoms with Crippen molar-refractivity contribution < 1.29 is 14.9 Å². The number of nitrogens with one attached hydrogen (secondary N) is 1. The third-order valence-corrected chi connectivity index (χ3v) is 3.08. The number of aliphatic hydroxyl groups excluding tert-OH is 1. The highest BCUT2D eigenvalue weighted by Gasteiger charge is 2.10. The molecule has 160 valence electrons. The molecule has 0 bridgehead atoms. The van der Waals surface area contributed by atoms with Crippen LogP contribution >= 0.6 is 0 Å². The highest BCUT2D eigenvalue weighted by molar-refractivity contribution is 4.70. The quantitative estimate of drug-likeness (QED) is 0.457. The molecule has 4 nitrogen and oxygen atoms in total. The first-order valence-corrected chi connectivity index (χ1v) is 10.3. The van der Waals surface area contributed by atoms with E-state index in [1.807, 2.05) is 13.8 Å². The van der Waals surface area contributed by atoms with Crippen LogP contribution in [-0.4, -0.2) is 39.0 Å². The van der Waals surface area contributed by atoms with Crippen molar-refractivity contribution in [2.45, 2.75) is 106 Å². The van der Waals surface area contributed by atoms with Crippen LogP contribution < -0.4 is 5.32 Å². The van der Waals surface area contributed by atoms with Gasteiger partial charge in [-0.2, -0.15) is 0 Å². The Labute approximate surface area is 161 Å². The van der Waals surface area contributed by atoms with E-state index in [-0.39, 0.29) is 0 Å². The van der Waals surface area contributed by atoms with Gasteiger partial charge in [0.05, 0.1) is 14.2 Å². The normalized spacial score (nSPS) is 12.4. The Morgan fingerprint density at radius 1 is 0.880 bits per heavy atom. The number of hydrogen-bond donors (Lipinski definition) is 2. The zero-order valence-electron chi connectivity index (χ0n) is 19.6. The lowest BCUT2D eigenvalue weighted by Crippen LogP contribution is -2.30. The Bertz CT molecular complexity index is 145. The molecule has 0 amide bonds. The predicted octanol–water partition coefficient (Wildman–Crippen LogP) is 6.23. The molecule has 0 aromatic rings. The van der Waals surface area contributed by atoms with Crippen molar-refractivity contribution >= 4 is 0 Å². The van der Waals surface area contributed by atoms with E-state index < -0.39 is 0 Å². The van der Waals surface area contributed by atoms with Crippen molar-refractivity contribution in [2.24, 2.45) is 5.92 Å². The minimum atomic E-state index is 0.851. The third kappa shape index (κ3) is 59.4. The van der Waals surface area contributed by atoms with E-state index in [4.69, 9.17) is 5.11 Å². The zero-order chi connectivity index (χ0) is 20.9. The molecule has 0 aromatic heterocycles. The van der Waals surface area contributed by atoms with Gasteiger partial charge < -0.3 is 10.4 Å². The van der Waals surface area contributed by atoms with E-state index in [1.165, 1.54) is 59.2 Å². The molecule has 0 atom stereocenters. The van der Waals surface area contributed by atoms with Gasteiger partial charge in [-0.25, -0.2) is 9.78 Å². The third-order valence-electron chi connectivity index (χ3n) is 3.08. The summed E-state index contributed by atoms with van der Waals surface area (Å²) in [5, 5.41) is 10.5. The van der Waals surface area contributed by atoms with Crippen LogP contribution in [0.5, 0.6) is 0 Å². The molecule has 0 saturated heterocycles. The zero-order valence-corrected chi connectivity index (χ0v) is 19.6. The number of hydrogen-bond acceptors (Lipinski definition) is 4. The number of aliphatic hydroxyl groups is 1. The van der Waals surface area contributed by atoms with Gasteiger partial charge in [0.25, 0.3) is 0 Å². The standard InChI is InChI=1S/C8H17N.C5H12.C3H8.C2H6O2.C2H6.CH4O/c1-2-9-8-6-4-3-5-7-8;1-4-5(2)3;1-3-2;1-3-4-2;2*1-2/h8-9H,2-7H2,1H3;5H,4H2,1-3H3;3H2,1-2H3;1-2H3;1-2H3;2H,1H3. The second kappa shape index (κ2) is 43.9.